The highest BCUT2D eigenvalue weighted by Crippen LogP contribution is 2.17. The van der Waals surface area contributed by atoms with E-state index >= 15 is 0 Å². The van der Waals surface area contributed by atoms with Gasteiger partial charge in [-0.05, 0) is 38.1 Å². The van der Waals surface area contributed by atoms with Gasteiger partial charge in [0, 0.05) is 18.3 Å². The van der Waals surface area contributed by atoms with Crippen LogP contribution < -0.4 is 10.6 Å². The van der Waals surface area contributed by atoms with Crippen molar-refractivity contribution in [3.05, 3.63) is 46.4 Å². The highest BCUT2D eigenvalue weighted by atomic mass is 35.5. The third-order valence-corrected chi connectivity index (χ3v) is 2.98. The number of anilines is 2. The standard InChI is InChI=1S/C14H15ClN4O/c1-8-4-5-11(9(2)17-8)18-14(20)10-6-12(15)19-13(7-10)16-3/h4-7H,1-3H3,(H,16,19)(H,18,20). The van der Waals surface area contributed by atoms with Gasteiger partial charge >= 0.3 is 0 Å². The third kappa shape index (κ3) is 3.24. The Kier molecular flexibility index (Phi) is 4.20. The van der Waals surface area contributed by atoms with Crippen LogP contribution in [0.5, 0.6) is 0 Å². The molecule has 6 heteroatoms. The largest absolute Gasteiger partial charge is 0.373 e. The quantitative estimate of drug-likeness (QED) is 0.853. The highest BCUT2D eigenvalue weighted by molar-refractivity contribution is 6.30. The number of rotatable bonds is 3. The molecule has 104 valence electrons. The Bertz CT molecular complexity index is 658. The fourth-order valence-corrected chi connectivity index (χ4v) is 1.98. The van der Waals surface area contributed by atoms with Crippen LogP contribution in [0.25, 0.3) is 0 Å². The van der Waals surface area contributed by atoms with E-state index in [1.165, 1.54) is 6.07 Å². The van der Waals surface area contributed by atoms with Crippen molar-refractivity contribution in [1.29, 1.82) is 0 Å². The maximum Gasteiger partial charge on any atom is 0.255 e. The van der Waals surface area contributed by atoms with Gasteiger partial charge in [-0.25, -0.2) is 4.98 Å². The number of hydrogen-bond donors (Lipinski definition) is 2. The summed E-state index contributed by atoms with van der Waals surface area (Å²) in [6.45, 7) is 3.75. The van der Waals surface area contributed by atoms with Gasteiger partial charge in [-0.1, -0.05) is 11.6 Å². The molecule has 0 radical (unpaired) electrons. The van der Waals surface area contributed by atoms with E-state index < -0.39 is 0 Å². The van der Waals surface area contributed by atoms with E-state index in [9.17, 15) is 4.79 Å². The molecule has 0 aromatic carbocycles. The van der Waals surface area contributed by atoms with Crippen molar-refractivity contribution in [3.8, 4) is 0 Å². The first-order valence-corrected chi connectivity index (χ1v) is 6.48. The van der Waals surface area contributed by atoms with Gasteiger partial charge < -0.3 is 10.6 Å². The molecule has 0 saturated carbocycles. The van der Waals surface area contributed by atoms with E-state index in [1.807, 2.05) is 26.0 Å². The van der Waals surface area contributed by atoms with E-state index in [0.29, 0.717) is 17.1 Å². The lowest BCUT2D eigenvalue weighted by atomic mass is 10.2. The molecule has 2 aromatic heterocycles. The summed E-state index contributed by atoms with van der Waals surface area (Å²) in [5.74, 6) is 0.293. The molecule has 0 unspecified atom stereocenters. The average molecular weight is 291 g/mol. The van der Waals surface area contributed by atoms with Gasteiger partial charge in [-0.3, -0.25) is 9.78 Å². The van der Waals surface area contributed by atoms with Crippen LogP contribution in [-0.2, 0) is 0 Å². The van der Waals surface area contributed by atoms with Crippen molar-refractivity contribution in [2.75, 3.05) is 17.7 Å². The number of carbonyl (C=O) groups is 1. The lowest BCUT2D eigenvalue weighted by molar-refractivity contribution is 0.102. The zero-order valence-corrected chi connectivity index (χ0v) is 12.2. The van der Waals surface area contributed by atoms with Gasteiger partial charge in [0.15, 0.2) is 0 Å². The molecule has 0 spiro atoms. The Hall–Kier alpha value is -2.14. The Morgan fingerprint density at radius 2 is 1.95 bits per heavy atom. The van der Waals surface area contributed by atoms with Crippen LogP contribution in [0.4, 0.5) is 11.5 Å². The smallest absolute Gasteiger partial charge is 0.255 e. The molecule has 2 N–H and O–H groups in total. The molecule has 20 heavy (non-hydrogen) atoms. The van der Waals surface area contributed by atoms with E-state index in [1.54, 1.807) is 13.1 Å². The molecule has 2 aromatic rings. The predicted molar refractivity (Wildman–Crippen MR) is 80.5 cm³/mol. The van der Waals surface area contributed by atoms with Crippen LogP contribution in [-0.4, -0.2) is 22.9 Å². The minimum absolute atomic E-state index is 0.250. The third-order valence-electron chi connectivity index (χ3n) is 2.79. The summed E-state index contributed by atoms with van der Waals surface area (Å²) >= 11 is 5.88. The van der Waals surface area contributed by atoms with Crippen molar-refractivity contribution >= 4 is 29.0 Å². The summed E-state index contributed by atoms with van der Waals surface area (Å²) in [5.41, 5.74) is 2.80. The zero-order valence-electron chi connectivity index (χ0n) is 11.5. The molecule has 0 aliphatic heterocycles. The number of hydrogen-bond acceptors (Lipinski definition) is 4. The molecular formula is C14H15ClN4O. The molecule has 2 rings (SSSR count). The van der Waals surface area contributed by atoms with Gasteiger partial charge in [0.2, 0.25) is 0 Å². The topological polar surface area (TPSA) is 66.9 Å². The van der Waals surface area contributed by atoms with Crippen LogP contribution in [0.3, 0.4) is 0 Å². The van der Waals surface area contributed by atoms with E-state index in [4.69, 9.17) is 11.6 Å². The lowest BCUT2D eigenvalue weighted by Gasteiger charge is -2.09. The number of aryl methyl sites for hydroxylation is 2. The molecule has 0 aliphatic carbocycles. The van der Waals surface area contributed by atoms with Gasteiger partial charge in [0.25, 0.3) is 5.91 Å². The number of nitrogens with zero attached hydrogens (tertiary/aromatic N) is 2. The summed E-state index contributed by atoms with van der Waals surface area (Å²) in [6.07, 6.45) is 0. The molecule has 0 atom stereocenters. The van der Waals surface area contributed by atoms with Gasteiger partial charge in [-0.15, -0.1) is 0 Å². The summed E-state index contributed by atoms with van der Waals surface area (Å²) in [6, 6.07) is 6.84. The van der Waals surface area contributed by atoms with Crippen molar-refractivity contribution < 1.29 is 4.79 Å². The van der Waals surface area contributed by atoms with Gasteiger partial charge in [0.1, 0.15) is 11.0 Å². The lowest BCUT2D eigenvalue weighted by Crippen LogP contribution is -2.14. The Morgan fingerprint density at radius 1 is 1.20 bits per heavy atom. The normalized spacial score (nSPS) is 10.2. The van der Waals surface area contributed by atoms with Gasteiger partial charge in [0.05, 0.1) is 11.4 Å². The fraction of sp³-hybridized carbons (Fsp3) is 0.214. The molecule has 1 amide bonds. The Labute approximate surface area is 122 Å². The van der Waals surface area contributed by atoms with Crippen LogP contribution in [0.2, 0.25) is 5.15 Å². The van der Waals surface area contributed by atoms with Gasteiger partial charge in [-0.2, -0.15) is 0 Å². The first kappa shape index (κ1) is 14.3. The molecule has 2 heterocycles. The predicted octanol–water partition coefficient (Wildman–Crippen LogP) is 3.04. The summed E-state index contributed by atoms with van der Waals surface area (Å²) < 4.78 is 0. The molecule has 0 aliphatic rings. The summed E-state index contributed by atoms with van der Waals surface area (Å²) in [4.78, 5) is 20.6. The second kappa shape index (κ2) is 5.88. The number of nitrogens with one attached hydrogen (secondary N) is 2. The van der Waals surface area contributed by atoms with E-state index in [0.717, 1.165) is 11.4 Å². The average Bonchev–Trinajstić information content (AvgIpc) is 2.41. The Balaban J connectivity index is 2.26. The zero-order chi connectivity index (χ0) is 14.7. The van der Waals surface area contributed by atoms with Crippen LogP contribution in [0.1, 0.15) is 21.7 Å². The molecule has 5 nitrogen and oxygen atoms in total. The molecule has 0 bridgehead atoms. The minimum atomic E-state index is -0.250. The van der Waals surface area contributed by atoms with Crippen molar-refractivity contribution in [2.24, 2.45) is 0 Å². The molecule has 0 saturated heterocycles. The summed E-state index contributed by atoms with van der Waals surface area (Å²) in [7, 11) is 1.72. The summed E-state index contributed by atoms with van der Waals surface area (Å²) in [5, 5.41) is 5.94. The van der Waals surface area contributed by atoms with Crippen LogP contribution >= 0.6 is 11.6 Å². The van der Waals surface area contributed by atoms with E-state index in [2.05, 4.69) is 20.6 Å². The molecular weight excluding hydrogens is 276 g/mol. The van der Waals surface area contributed by atoms with Crippen molar-refractivity contribution in [1.82, 2.24) is 9.97 Å². The minimum Gasteiger partial charge on any atom is -0.373 e. The first-order valence-electron chi connectivity index (χ1n) is 6.10. The SMILES string of the molecule is CNc1cc(C(=O)Nc2ccc(C)nc2C)cc(Cl)n1. The van der Waals surface area contributed by atoms with Crippen LogP contribution in [0.15, 0.2) is 24.3 Å². The second-order valence-corrected chi connectivity index (χ2v) is 4.74. The fourth-order valence-electron chi connectivity index (χ4n) is 1.77. The Morgan fingerprint density at radius 3 is 2.60 bits per heavy atom. The molecule has 0 fully saturated rings. The van der Waals surface area contributed by atoms with E-state index in [-0.39, 0.29) is 11.1 Å². The van der Waals surface area contributed by atoms with Crippen molar-refractivity contribution in [2.45, 2.75) is 13.8 Å². The number of amides is 1. The number of pyridine rings is 2. The first-order chi connectivity index (χ1) is 9.49. The maximum absolute atomic E-state index is 12.2. The number of aromatic nitrogens is 2. The number of carbonyl (C=O) groups excluding carboxylic acids is 1. The maximum atomic E-state index is 12.2. The number of halogens is 1. The monoisotopic (exact) mass is 290 g/mol. The highest BCUT2D eigenvalue weighted by Gasteiger charge is 2.11. The second-order valence-electron chi connectivity index (χ2n) is 4.35. The van der Waals surface area contributed by atoms with Crippen LogP contribution in [0, 0.1) is 13.8 Å². The van der Waals surface area contributed by atoms with Crippen molar-refractivity contribution in [3.63, 3.8) is 0 Å².